The molecule has 0 spiro atoms. The molecular weight excluding hydrogens is 298 g/mol. The largest absolute Gasteiger partial charge is 0.360 e. The van der Waals surface area contributed by atoms with Gasteiger partial charge in [0.05, 0.1) is 11.5 Å². The maximum absolute atomic E-state index is 4.39. The lowest BCUT2D eigenvalue weighted by atomic mass is 10.3. The fraction of sp³-hybridized carbons (Fsp3) is 0.500. The van der Waals surface area contributed by atoms with Crippen LogP contribution in [0.25, 0.3) is 0 Å². The van der Waals surface area contributed by atoms with Gasteiger partial charge < -0.3 is 19.7 Å². The van der Waals surface area contributed by atoms with Crippen LogP contribution >= 0.6 is 11.3 Å². The Balaban J connectivity index is 1.53. The van der Waals surface area contributed by atoms with Crippen molar-refractivity contribution in [3.63, 3.8) is 0 Å². The molecule has 8 heteroatoms. The van der Waals surface area contributed by atoms with E-state index in [0.29, 0.717) is 6.54 Å². The van der Waals surface area contributed by atoms with Gasteiger partial charge in [0.1, 0.15) is 6.33 Å². The lowest BCUT2D eigenvalue weighted by Gasteiger charge is -2.36. The second kappa shape index (κ2) is 6.78. The third-order valence-electron chi connectivity index (χ3n) is 3.82. The lowest BCUT2D eigenvalue weighted by Crippen LogP contribution is -2.52. The molecule has 1 N–H and O–H groups in total. The Labute approximate surface area is 134 Å². The molecule has 3 heterocycles. The summed E-state index contributed by atoms with van der Waals surface area (Å²) in [6.45, 7) is 4.61. The van der Waals surface area contributed by atoms with E-state index in [1.165, 1.54) is 5.00 Å². The number of nitrogens with one attached hydrogen (secondary N) is 1. The zero-order valence-corrected chi connectivity index (χ0v) is 13.8. The summed E-state index contributed by atoms with van der Waals surface area (Å²) >= 11 is 1.80. The Kier molecular flexibility index (Phi) is 4.57. The predicted octanol–water partition coefficient (Wildman–Crippen LogP) is 0.774. The van der Waals surface area contributed by atoms with Gasteiger partial charge in [0.25, 0.3) is 0 Å². The molecule has 3 rings (SSSR count). The molecule has 0 aliphatic carbocycles. The Bertz CT molecular complexity index is 611. The van der Waals surface area contributed by atoms with Crippen molar-refractivity contribution in [1.29, 1.82) is 0 Å². The van der Waals surface area contributed by atoms with Crippen LogP contribution < -0.4 is 10.2 Å². The Morgan fingerprint density at radius 2 is 2.18 bits per heavy atom. The fourth-order valence-electron chi connectivity index (χ4n) is 2.55. The number of thiophene rings is 1. The van der Waals surface area contributed by atoms with Gasteiger partial charge in [0, 0.05) is 40.3 Å². The average molecular weight is 319 g/mol. The van der Waals surface area contributed by atoms with E-state index in [1.54, 1.807) is 17.7 Å². The van der Waals surface area contributed by atoms with Crippen molar-refractivity contribution >= 4 is 22.3 Å². The van der Waals surface area contributed by atoms with Crippen LogP contribution in [0.2, 0.25) is 0 Å². The first-order valence-corrected chi connectivity index (χ1v) is 8.23. The Morgan fingerprint density at radius 3 is 2.77 bits per heavy atom. The van der Waals surface area contributed by atoms with E-state index >= 15 is 0 Å². The summed E-state index contributed by atoms with van der Waals surface area (Å²) in [5.74, 6) is 1.83. The molecule has 7 nitrogen and oxygen atoms in total. The van der Waals surface area contributed by atoms with Crippen molar-refractivity contribution < 1.29 is 0 Å². The highest BCUT2D eigenvalue weighted by Crippen LogP contribution is 2.22. The minimum absolute atomic E-state index is 0.633. The molecule has 0 amide bonds. The number of piperazine rings is 1. The molecule has 118 valence electrons. The van der Waals surface area contributed by atoms with Gasteiger partial charge in [-0.05, 0) is 17.5 Å². The molecular formula is C14H21N7S. The highest BCUT2D eigenvalue weighted by Gasteiger charge is 2.20. The van der Waals surface area contributed by atoms with Crippen LogP contribution in [0, 0.1) is 0 Å². The van der Waals surface area contributed by atoms with E-state index in [0.717, 1.165) is 38.0 Å². The molecule has 0 radical (unpaired) electrons. The minimum atomic E-state index is 0.633. The van der Waals surface area contributed by atoms with Crippen molar-refractivity contribution in [2.75, 3.05) is 38.1 Å². The van der Waals surface area contributed by atoms with Gasteiger partial charge in [0.2, 0.25) is 0 Å². The number of rotatable bonds is 3. The topological polar surface area (TPSA) is 61.6 Å². The van der Waals surface area contributed by atoms with Crippen molar-refractivity contribution in [2.45, 2.75) is 6.54 Å². The second-order valence-electron chi connectivity index (χ2n) is 5.18. The molecule has 0 aromatic carbocycles. The van der Waals surface area contributed by atoms with Gasteiger partial charge in [-0.3, -0.25) is 4.99 Å². The third kappa shape index (κ3) is 3.22. The third-order valence-corrected chi connectivity index (χ3v) is 4.75. The summed E-state index contributed by atoms with van der Waals surface area (Å²) in [5.41, 5.74) is 0. The number of hydrogen-bond donors (Lipinski definition) is 1. The van der Waals surface area contributed by atoms with Crippen molar-refractivity contribution in [3.8, 4) is 0 Å². The number of aliphatic imine (C=N–C) groups is 1. The van der Waals surface area contributed by atoms with Crippen LogP contribution in [0.15, 0.2) is 28.8 Å². The second-order valence-corrected chi connectivity index (χ2v) is 6.11. The van der Waals surface area contributed by atoms with Crippen LogP contribution in [0.3, 0.4) is 0 Å². The first kappa shape index (κ1) is 14.8. The van der Waals surface area contributed by atoms with E-state index in [4.69, 9.17) is 0 Å². The molecule has 2 aromatic rings. The molecule has 1 fully saturated rings. The Morgan fingerprint density at radius 1 is 1.36 bits per heavy atom. The lowest BCUT2D eigenvalue weighted by molar-refractivity contribution is 0.372. The smallest absolute Gasteiger partial charge is 0.194 e. The SMILES string of the molecule is CN=C(NCc1nncn1C)N1CCN(c2cccs2)CC1. The molecule has 2 aromatic heterocycles. The van der Waals surface area contributed by atoms with Crippen molar-refractivity contribution in [3.05, 3.63) is 29.7 Å². The first-order chi connectivity index (χ1) is 10.8. The molecule has 0 bridgehead atoms. The summed E-state index contributed by atoms with van der Waals surface area (Å²) in [6, 6.07) is 4.29. The monoisotopic (exact) mass is 319 g/mol. The molecule has 0 unspecified atom stereocenters. The number of nitrogens with zero attached hydrogens (tertiary/aromatic N) is 6. The van der Waals surface area contributed by atoms with Crippen LogP contribution in [0.1, 0.15) is 5.82 Å². The van der Waals surface area contributed by atoms with Crippen LogP contribution in [-0.4, -0.2) is 58.9 Å². The fourth-order valence-corrected chi connectivity index (χ4v) is 3.33. The maximum Gasteiger partial charge on any atom is 0.194 e. The number of guanidine groups is 1. The number of anilines is 1. The first-order valence-electron chi connectivity index (χ1n) is 7.35. The number of hydrogen-bond acceptors (Lipinski definition) is 5. The summed E-state index contributed by atoms with van der Waals surface area (Å²) in [5, 5.41) is 14.8. The molecule has 22 heavy (non-hydrogen) atoms. The van der Waals surface area contributed by atoms with Crippen molar-refractivity contribution in [2.24, 2.45) is 12.0 Å². The molecule has 1 aliphatic heterocycles. The average Bonchev–Trinajstić information content (AvgIpc) is 3.21. The van der Waals surface area contributed by atoms with E-state index in [-0.39, 0.29) is 0 Å². The molecule has 0 atom stereocenters. The summed E-state index contributed by atoms with van der Waals surface area (Å²) in [7, 11) is 3.77. The van der Waals surface area contributed by atoms with Gasteiger partial charge in [-0.25, -0.2) is 0 Å². The van der Waals surface area contributed by atoms with E-state index in [1.807, 2.05) is 18.7 Å². The molecule has 0 saturated carbocycles. The maximum atomic E-state index is 4.39. The van der Waals surface area contributed by atoms with Crippen molar-refractivity contribution in [1.82, 2.24) is 25.0 Å². The zero-order valence-electron chi connectivity index (χ0n) is 12.9. The molecule has 1 saturated heterocycles. The highest BCUT2D eigenvalue weighted by atomic mass is 32.1. The minimum Gasteiger partial charge on any atom is -0.360 e. The number of aryl methyl sites for hydroxylation is 1. The summed E-state index contributed by atoms with van der Waals surface area (Å²) in [4.78, 5) is 9.11. The van der Waals surface area contributed by atoms with Gasteiger partial charge in [-0.1, -0.05) is 0 Å². The van der Waals surface area contributed by atoms with E-state index in [9.17, 15) is 0 Å². The molecule has 1 aliphatic rings. The van der Waals surface area contributed by atoms with Crippen LogP contribution in [0.5, 0.6) is 0 Å². The van der Waals surface area contributed by atoms with Gasteiger partial charge in [-0.15, -0.1) is 21.5 Å². The van der Waals surface area contributed by atoms with E-state index < -0.39 is 0 Å². The quantitative estimate of drug-likeness (QED) is 0.669. The standard InChI is InChI=1S/C14H21N7S/c1-15-14(16-10-12-18-17-11-19(12)2)21-7-5-20(6-8-21)13-4-3-9-22-13/h3-4,9,11H,5-8,10H2,1-2H3,(H,15,16). The van der Waals surface area contributed by atoms with Gasteiger partial charge in [-0.2, -0.15) is 0 Å². The van der Waals surface area contributed by atoms with Gasteiger partial charge in [0.15, 0.2) is 11.8 Å². The number of aromatic nitrogens is 3. The van der Waals surface area contributed by atoms with Gasteiger partial charge >= 0.3 is 0 Å². The van der Waals surface area contributed by atoms with E-state index in [2.05, 4.69) is 47.8 Å². The van der Waals surface area contributed by atoms with Crippen LogP contribution in [0.4, 0.5) is 5.00 Å². The summed E-state index contributed by atoms with van der Waals surface area (Å²) < 4.78 is 1.91. The highest BCUT2D eigenvalue weighted by molar-refractivity contribution is 7.14. The zero-order chi connectivity index (χ0) is 15.4. The van der Waals surface area contributed by atoms with Crippen LogP contribution in [-0.2, 0) is 13.6 Å². The summed E-state index contributed by atoms with van der Waals surface area (Å²) in [6.07, 6.45) is 1.71. The Hall–Kier alpha value is -2.09. The normalized spacial score (nSPS) is 16.2. The predicted molar refractivity (Wildman–Crippen MR) is 89.3 cm³/mol.